The number of pyridine rings is 2. The SMILES string of the molecule is CCS(=O)(=O)c1cc(-c2ccc(C#N)cc2C)cnc1-n1nc2ccc(C(F)(F)F)cn2c1=O. The Hall–Kier alpha value is -3.98. The quantitative estimate of drug-likeness (QED) is 0.436. The molecule has 0 unspecified atom stereocenters. The van der Waals surface area contributed by atoms with Gasteiger partial charge in [-0.1, -0.05) is 13.0 Å². The van der Waals surface area contributed by atoms with Crippen molar-refractivity contribution in [3.63, 3.8) is 0 Å². The Kier molecular flexibility index (Phi) is 5.53. The normalized spacial score (nSPS) is 12.1. The van der Waals surface area contributed by atoms with Crippen molar-refractivity contribution in [2.45, 2.75) is 24.9 Å². The topological polar surface area (TPSA) is 110 Å². The minimum atomic E-state index is -4.68. The van der Waals surface area contributed by atoms with Crippen molar-refractivity contribution in [1.82, 2.24) is 19.2 Å². The van der Waals surface area contributed by atoms with Crippen molar-refractivity contribution in [3.8, 4) is 23.0 Å². The highest BCUT2D eigenvalue weighted by Gasteiger charge is 2.31. The summed E-state index contributed by atoms with van der Waals surface area (Å²) in [6.45, 7) is 3.17. The minimum Gasteiger partial charge on any atom is -0.249 e. The lowest BCUT2D eigenvalue weighted by molar-refractivity contribution is -0.137. The van der Waals surface area contributed by atoms with Crippen molar-refractivity contribution < 1.29 is 21.6 Å². The maximum atomic E-state index is 13.1. The van der Waals surface area contributed by atoms with E-state index in [1.165, 1.54) is 19.2 Å². The second-order valence-corrected chi connectivity index (χ2v) is 9.68. The van der Waals surface area contributed by atoms with Crippen LogP contribution in [0.15, 0.2) is 58.5 Å². The predicted octanol–water partition coefficient (Wildman–Crippen LogP) is 3.54. The summed E-state index contributed by atoms with van der Waals surface area (Å²) < 4.78 is 66.4. The van der Waals surface area contributed by atoms with Crippen molar-refractivity contribution >= 4 is 15.5 Å². The highest BCUT2D eigenvalue weighted by atomic mass is 32.2. The number of fused-ring (bicyclic) bond motifs is 1. The summed E-state index contributed by atoms with van der Waals surface area (Å²) in [6.07, 6.45) is -2.73. The summed E-state index contributed by atoms with van der Waals surface area (Å²) in [5, 5.41) is 13.1. The molecule has 34 heavy (non-hydrogen) atoms. The van der Waals surface area contributed by atoms with Crippen LogP contribution in [-0.4, -0.2) is 33.3 Å². The molecule has 0 saturated carbocycles. The molecule has 0 N–H and O–H groups in total. The van der Waals surface area contributed by atoms with Gasteiger partial charge in [0.2, 0.25) is 0 Å². The van der Waals surface area contributed by atoms with Crippen LogP contribution >= 0.6 is 0 Å². The average molecular weight is 487 g/mol. The Labute approximate surface area is 191 Å². The van der Waals surface area contributed by atoms with Crippen molar-refractivity contribution in [3.05, 3.63) is 76.0 Å². The zero-order valence-corrected chi connectivity index (χ0v) is 18.6. The highest BCUT2D eigenvalue weighted by molar-refractivity contribution is 7.91. The average Bonchev–Trinajstić information content (AvgIpc) is 3.13. The van der Waals surface area contributed by atoms with Crippen LogP contribution in [0.5, 0.6) is 0 Å². The fourth-order valence-electron chi connectivity index (χ4n) is 3.47. The van der Waals surface area contributed by atoms with Crippen molar-refractivity contribution in [2.24, 2.45) is 0 Å². The summed E-state index contributed by atoms with van der Waals surface area (Å²) in [6, 6.07) is 10.0. The Morgan fingerprint density at radius 3 is 2.50 bits per heavy atom. The van der Waals surface area contributed by atoms with Crippen LogP contribution in [0, 0.1) is 18.3 Å². The van der Waals surface area contributed by atoms with E-state index in [0.29, 0.717) is 37.5 Å². The fourth-order valence-corrected chi connectivity index (χ4v) is 4.50. The van der Waals surface area contributed by atoms with Gasteiger partial charge in [0.25, 0.3) is 0 Å². The molecule has 4 aromatic rings. The van der Waals surface area contributed by atoms with Gasteiger partial charge in [-0.3, -0.25) is 0 Å². The van der Waals surface area contributed by atoms with Gasteiger partial charge < -0.3 is 0 Å². The third-order valence-electron chi connectivity index (χ3n) is 5.26. The fraction of sp³-hybridized carbons (Fsp3) is 0.182. The number of nitrogens with zero attached hydrogens (tertiary/aromatic N) is 5. The first-order chi connectivity index (χ1) is 16.0. The van der Waals surface area contributed by atoms with Crippen LogP contribution in [0.25, 0.3) is 22.6 Å². The number of aryl methyl sites for hydroxylation is 1. The van der Waals surface area contributed by atoms with E-state index in [9.17, 15) is 26.4 Å². The molecule has 0 bridgehead atoms. The molecule has 0 aliphatic heterocycles. The lowest BCUT2D eigenvalue weighted by Crippen LogP contribution is -2.23. The molecule has 8 nitrogen and oxygen atoms in total. The third kappa shape index (κ3) is 3.94. The lowest BCUT2D eigenvalue weighted by atomic mass is 10.00. The van der Waals surface area contributed by atoms with Gasteiger partial charge in [0, 0.05) is 18.0 Å². The molecule has 3 aromatic heterocycles. The smallest absolute Gasteiger partial charge is 0.249 e. The number of aromatic nitrogens is 4. The molecule has 0 saturated heterocycles. The first-order valence-electron chi connectivity index (χ1n) is 9.89. The van der Waals surface area contributed by atoms with E-state index in [4.69, 9.17) is 5.26 Å². The van der Waals surface area contributed by atoms with Crippen molar-refractivity contribution in [2.75, 3.05) is 5.75 Å². The number of nitriles is 1. The van der Waals surface area contributed by atoms with E-state index in [2.05, 4.69) is 10.1 Å². The van der Waals surface area contributed by atoms with Crippen LogP contribution in [0.1, 0.15) is 23.6 Å². The second kappa shape index (κ2) is 8.11. The lowest BCUT2D eigenvalue weighted by Gasteiger charge is -2.12. The Bertz CT molecular complexity index is 1650. The minimum absolute atomic E-state index is 0.105. The van der Waals surface area contributed by atoms with Gasteiger partial charge in [0.1, 0.15) is 4.90 Å². The molecular formula is C22H16F3N5O3S. The molecular weight excluding hydrogens is 471 g/mol. The van der Waals surface area contributed by atoms with E-state index in [1.54, 1.807) is 25.1 Å². The molecule has 0 atom stereocenters. The molecule has 12 heteroatoms. The van der Waals surface area contributed by atoms with Gasteiger partial charge in [0.15, 0.2) is 21.3 Å². The van der Waals surface area contributed by atoms with Crippen molar-refractivity contribution in [1.29, 1.82) is 5.26 Å². The number of rotatable bonds is 4. The highest BCUT2D eigenvalue weighted by Crippen LogP contribution is 2.30. The number of benzene rings is 1. The van der Waals surface area contributed by atoms with Crippen LogP contribution < -0.4 is 5.69 Å². The van der Waals surface area contributed by atoms with E-state index in [-0.39, 0.29) is 22.1 Å². The second-order valence-electron chi connectivity index (χ2n) is 7.43. The van der Waals surface area contributed by atoms with Gasteiger partial charge in [-0.15, -0.1) is 5.10 Å². The summed E-state index contributed by atoms with van der Waals surface area (Å²) in [5.74, 6) is -0.628. The summed E-state index contributed by atoms with van der Waals surface area (Å²) in [7, 11) is -3.92. The van der Waals surface area contributed by atoms with E-state index in [0.717, 1.165) is 12.1 Å². The summed E-state index contributed by atoms with van der Waals surface area (Å²) in [4.78, 5) is 16.8. The van der Waals surface area contributed by atoms with E-state index >= 15 is 0 Å². The predicted molar refractivity (Wildman–Crippen MR) is 116 cm³/mol. The molecule has 0 spiro atoms. The van der Waals surface area contributed by atoms with Crippen LogP contribution in [-0.2, 0) is 16.0 Å². The van der Waals surface area contributed by atoms with E-state index in [1.807, 2.05) is 6.07 Å². The van der Waals surface area contributed by atoms with Crippen LogP contribution in [0.3, 0.4) is 0 Å². The van der Waals surface area contributed by atoms with Gasteiger partial charge >= 0.3 is 11.9 Å². The number of hydrogen-bond acceptors (Lipinski definition) is 6. The molecule has 0 radical (unpaired) electrons. The van der Waals surface area contributed by atoms with Gasteiger partial charge in [0.05, 0.1) is 22.9 Å². The summed E-state index contributed by atoms with van der Waals surface area (Å²) in [5.41, 5.74) is 0.0363. The first-order valence-corrected chi connectivity index (χ1v) is 11.5. The Morgan fingerprint density at radius 1 is 1.15 bits per heavy atom. The van der Waals surface area contributed by atoms with Gasteiger partial charge in [-0.2, -0.15) is 23.1 Å². The number of sulfone groups is 1. The largest absolute Gasteiger partial charge is 0.417 e. The summed E-state index contributed by atoms with van der Waals surface area (Å²) >= 11 is 0. The molecule has 1 aromatic carbocycles. The monoisotopic (exact) mass is 487 g/mol. The molecule has 174 valence electrons. The number of halogens is 3. The van der Waals surface area contributed by atoms with Gasteiger partial charge in [-0.05, 0) is 48.4 Å². The molecule has 4 rings (SSSR count). The molecule has 0 aliphatic rings. The first kappa shape index (κ1) is 23.2. The Morgan fingerprint density at radius 2 is 1.88 bits per heavy atom. The van der Waals surface area contributed by atoms with E-state index < -0.39 is 27.3 Å². The number of hydrogen-bond donors (Lipinski definition) is 0. The van der Waals surface area contributed by atoms with Crippen LogP contribution in [0.2, 0.25) is 0 Å². The zero-order valence-electron chi connectivity index (χ0n) is 17.8. The number of alkyl halides is 3. The molecule has 0 amide bonds. The Balaban J connectivity index is 1.96. The van der Waals surface area contributed by atoms with Crippen LogP contribution in [0.4, 0.5) is 13.2 Å². The standard InChI is InChI=1S/C22H16F3N5O3S/c1-3-34(32,33)18-9-15(17-6-4-14(10-26)8-13(17)2)11-27-20(18)30-21(31)29-12-16(22(23,24)25)5-7-19(29)28-30/h4-9,11-12H,3H2,1-2H3. The maximum Gasteiger partial charge on any atom is 0.417 e. The third-order valence-corrected chi connectivity index (χ3v) is 6.99. The molecule has 3 heterocycles. The molecule has 0 aliphatic carbocycles. The maximum absolute atomic E-state index is 13.1. The molecule has 0 fully saturated rings. The van der Waals surface area contributed by atoms with Gasteiger partial charge in [-0.25, -0.2) is 22.6 Å². The zero-order chi connectivity index (χ0) is 24.8.